The number of carbonyl (C=O) groups excluding carboxylic acids is 1. The van der Waals surface area contributed by atoms with Crippen LogP contribution in [0.2, 0.25) is 5.02 Å². The van der Waals surface area contributed by atoms with Crippen molar-refractivity contribution in [3.8, 4) is 5.75 Å². The van der Waals surface area contributed by atoms with Gasteiger partial charge in [0.25, 0.3) is 5.91 Å². The Balaban J connectivity index is 1.77. The summed E-state index contributed by atoms with van der Waals surface area (Å²) >= 11 is 6.04. The van der Waals surface area contributed by atoms with Crippen LogP contribution in [0, 0.1) is 6.92 Å². The first-order chi connectivity index (χ1) is 14.3. The number of halogens is 1. The highest BCUT2D eigenvalue weighted by Crippen LogP contribution is 2.30. The summed E-state index contributed by atoms with van der Waals surface area (Å²) in [6.45, 7) is 4.76. The summed E-state index contributed by atoms with van der Waals surface area (Å²) in [7, 11) is -3.83. The number of benzene rings is 2. The van der Waals surface area contributed by atoms with E-state index in [-0.39, 0.29) is 41.3 Å². The Morgan fingerprint density at radius 1 is 1.23 bits per heavy atom. The number of carbonyl (C=O) groups is 1. The van der Waals surface area contributed by atoms with Crippen molar-refractivity contribution in [1.82, 2.24) is 4.31 Å². The second kappa shape index (κ2) is 9.78. The SMILES string of the molecule is CCc1cccc(C)c1NC(=O)COc1ccc(Cl)cc1S(=O)(=O)N1CCOCC1. The summed E-state index contributed by atoms with van der Waals surface area (Å²) in [5.74, 6) is -0.287. The van der Waals surface area contributed by atoms with Crippen molar-refractivity contribution in [3.63, 3.8) is 0 Å². The van der Waals surface area contributed by atoms with Gasteiger partial charge in [0, 0.05) is 23.8 Å². The topological polar surface area (TPSA) is 84.9 Å². The summed E-state index contributed by atoms with van der Waals surface area (Å²) in [5, 5.41) is 3.14. The minimum absolute atomic E-state index is 0.0603. The van der Waals surface area contributed by atoms with Gasteiger partial charge < -0.3 is 14.8 Å². The highest BCUT2D eigenvalue weighted by atomic mass is 35.5. The van der Waals surface area contributed by atoms with E-state index in [0.29, 0.717) is 13.2 Å². The van der Waals surface area contributed by atoms with E-state index in [1.54, 1.807) is 0 Å². The zero-order valence-electron chi connectivity index (χ0n) is 17.0. The molecule has 1 fully saturated rings. The third-order valence-electron chi connectivity index (χ3n) is 4.86. The maximum absolute atomic E-state index is 13.1. The Bertz CT molecular complexity index is 1020. The number of para-hydroxylation sites is 1. The standard InChI is InChI=1S/C21H25ClN2O5S/c1-3-16-6-4-5-15(2)21(16)23-20(25)14-29-18-8-7-17(22)13-19(18)30(26,27)24-9-11-28-12-10-24/h4-8,13H,3,9-12,14H2,1-2H3,(H,23,25). The van der Waals surface area contributed by atoms with Gasteiger partial charge in [-0.1, -0.05) is 36.7 Å². The van der Waals surface area contributed by atoms with Gasteiger partial charge in [0.15, 0.2) is 6.61 Å². The summed E-state index contributed by atoms with van der Waals surface area (Å²) in [6, 6.07) is 10.2. The molecule has 1 heterocycles. The maximum atomic E-state index is 13.1. The molecule has 2 aromatic rings. The number of aryl methyl sites for hydroxylation is 2. The molecule has 2 aromatic carbocycles. The van der Waals surface area contributed by atoms with Gasteiger partial charge in [-0.25, -0.2) is 8.42 Å². The molecule has 3 rings (SSSR count). The fraction of sp³-hybridized carbons (Fsp3) is 0.381. The van der Waals surface area contributed by atoms with Gasteiger partial charge in [-0.3, -0.25) is 4.79 Å². The minimum Gasteiger partial charge on any atom is -0.482 e. The number of nitrogens with one attached hydrogen (secondary N) is 1. The third-order valence-corrected chi connectivity index (χ3v) is 7.01. The predicted octanol–water partition coefficient (Wildman–Crippen LogP) is 3.25. The lowest BCUT2D eigenvalue weighted by atomic mass is 10.1. The Kier molecular flexibility index (Phi) is 7.36. The van der Waals surface area contributed by atoms with Crippen molar-refractivity contribution >= 4 is 33.2 Å². The molecule has 1 aliphatic heterocycles. The van der Waals surface area contributed by atoms with Crippen LogP contribution in [-0.4, -0.2) is 51.5 Å². The average molecular weight is 453 g/mol. The van der Waals surface area contributed by atoms with Crippen LogP contribution in [-0.2, 0) is 26.0 Å². The highest BCUT2D eigenvalue weighted by molar-refractivity contribution is 7.89. The summed E-state index contributed by atoms with van der Waals surface area (Å²) in [6.07, 6.45) is 0.775. The lowest BCUT2D eigenvalue weighted by Crippen LogP contribution is -2.40. The lowest BCUT2D eigenvalue weighted by Gasteiger charge is -2.26. The molecule has 1 amide bonds. The summed E-state index contributed by atoms with van der Waals surface area (Å²) in [5.41, 5.74) is 2.72. The number of rotatable bonds is 7. The van der Waals surface area contributed by atoms with Gasteiger partial charge in [-0.05, 0) is 42.7 Å². The van der Waals surface area contributed by atoms with Crippen LogP contribution in [0.5, 0.6) is 5.75 Å². The molecule has 9 heteroatoms. The summed E-state index contributed by atoms with van der Waals surface area (Å²) in [4.78, 5) is 12.4. The van der Waals surface area contributed by atoms with E-state index < -0.39 is 10.0 Å². The molecule has 0 saturated carbocycles. The average Bonchev–Trinajstić information content (AvgIpc) is 2.74. The number of sulfonamides is 1. The van der Waals surface area contributed by atoms with E-state index in [2.05, 4.69) is 5.32 Å². The van der Waals surface area contributed by atoms with E-state index >= 15 is 0 Å². The number of morpholine rings is 1. The van der Waals surface area contributed by atoms with Gasteiger partial charge >= 0.3 is 0 Å². The second-order valence-electron chi connectivity index (χ2n) is 6.91. The lowest BCUT2D eigenvalue weighted by molar-refractivity contribution is -0.118. The molecule has 0 aromatic heterocycles. The van der Waals surface area contributed by atoms with Gasteiger partial charge in [0.1, 0.15) is 10.6 Å². The van der Waals surface area contributed by atoms with Crippen molar-refractivity contribution in [2.45, 2.75) is 25.2 Å². The number of anilines is 1. The van der Waals surface area contributed by atoms with Crippen molar-refractivity contribution < 1.29 is 22.7 Å². The minimum atomic E-state index is -3.83. The van der Waals surface area contributed by atoms with E-state index in [0.717, 1.165) is 23.2 Å². The van der Waals surface area contributed by atoms with E-state index in [1.165, 1.54) is 22.5 Å². The largest absolute Gasteiger partial charge is 0.482 e. The Morgan fingerprint density at radius 3 is 2.67 bits per heavy atom. The van der Waals surface area contributed by atoms with Gasteiger partial charge in [-0.2, -0.15) is 4.31 Å². The summed E-state index contributed by atoms with van der Waals surface area (Å²) < 4.78 is 38.3. The fourth-order valence-corrected chi connectivity index (χ4v) is 5.05. The molecule has 0 aliphatic carbocycles. The first kappa shape index (κ1) is 22.6. The van der Waals surface area contributed by atoms with Crippen LogP contribution in [0.4, 0.5) is 5.69 Å². The molecule has 0 radical (unpaired) electrons. The van der Waals surface area contributed by atoms with E-state index in [4.69, 9.17) is 21.1 Å². The zero-order valence-corrected chi connectivity index (χ0v) is 18.6. The Morgan fingerprint density at radius 2 is 1.97 bits per heavy atom. The first-order valence-corrected chi connectivity index (χ1v) is 11.5. The van der Waals surface area contributed by atoms with E-state index in [9.17, 15) is 13.2 Å². The number of hydrogen-bond donors (Lipinski definition) is 1. The third kappa shape index (κ3) is 5.13. The first-order valence-electron chi connectivity index (χ1n) is 9.71. The smallest absolute Gasteiger partial charge is 0.262 e. The van der Waals surface area contributed by atoms with Crippen LogP contribution in [0.15, 0.2) is 41.3 Å². The molecule has 0 atom stereocenters. The quantitative estimate of drug-likeness (QED) is 0.697. The molecule has 7 nitrogen and oxygen atoms in total. The van der Waals surface area contributed by atoms with Gasteiger partial charge in [-0.15, -0.1) is 0 Å². The normalized spacial score (nSPS) is 15.0. The Labute approximate surface area is 182 Å². The molecule has 1 N–H and O–H groups in total. The van der Waals surface area contributed by atoms with Crippen molar-refractivity contribution in [2.24, 2.45) is 0 Å². The van der Waals surface area contributed by atoms with Crippen molar-refractivity contribution in [3.05, 3.63) is 52.5 Å². The van der Waals surface area contributed by atoms with Crippen molar-refractivity contribution in [2.75, 3.05) is 38.2 Å². The second-order valence-corrected chi connectivity index (χ2v) is 9.25. The number of amides is 1. The highest BCUT2D eigenvalue weighted by Gasteiger charge is 2.29. The van der Waals surface area contributed by atoms with Crippen LogP contribution in [0.1, 0.15) is 18.1 Å². The van der Waals surface area contributed by atoms with E-state index in [1.807, 2.05) is 32.0 Å². The molecule has 0 bridgehead atoms. The van der Waals surface area contributed by atoms with Gasteiger partial charge in [0.2, 0.25) is 10.0 Å². The maximum Gasteiger partial charge on any atom is 0.262 e. The fourth-order valence-electron chi connectivity index (χ4n) is 3.25. The van der Waals surface area contributed by atoms with Gasteiger partial charge in [0.05, 0.1) is 13.2 Å². The molecule has 0 spiro atoms. The molecular weight excluding hydrogens is 428 g/mol. The monoisotopic (exact) mass is 452 g/mol. The van der Waals surface area contributed by atoms with Crippen molar-refractivity contribution in [1.29, 1.82) is 0 Å². The predicted molar refractivity (Wildman–Crippen MR) is 116 cm³/mol. The molecule has 1 saturated heterocycles. The Hall–Kier alpha value is -2.13. The van der Waals surface area contributed by atoms with Crippen LogP contribution in [0.25, 0.3) is 0 Å². The molecular formula is C21H25ClN2O5S. The number of hydrogen-bond acceptors (Lipinski definition) is 5. The van der Waals surface area contributed by atoms with Crippen LogP contribution < -0.4 is 10.1 Å². The number of ether oxygens (including phenoxy) is 2. The molecule has 0 unspecified atom stereocenters. The molecule has 30 heavy (non-hydrogen) atoms. The molecule has 1 aliphatic rings. The molecule has 162 valence electrons. The number of nitrogens with zero attached hydrogens (tertiary/aromatic N) is 1. The van der Waals surface area contributed by atoms with Crippen LogP contribution in [0.3, 0.4) is 0 Å². The zero-order chi connectivity index (χ0) is 21.7. The van der Waals surface area contributed by atoms with Crippen LogP contribution >= 0.6 is 11.6 Å².